The minimum absolute atomic E-state index is 0.570. The number of anilines is 1. The first-order valence-corrected chi connectivity index (χ1v) is 6.96. The van der Waals surface area contributed by atoms with Gasteiger partial charge in [-0.15, -0.1) is 15.3 Å². The van der Waals surface area contributed by atoms with Crippen LogP contribution in [0.2, 0.25) is 0 Å². The molecule has 0 aliphatic heterocycles. The van der Waals surface area contributed by atoms with Crippen molar-refractivity contribution in [1.82, 2.24) is 29.2 Å². The van der Waals surface area contributed by atoms with Crippen LogP contribution in [0.15, 0.2) is 30.6 Å². The Labute approximate surface area is 117 Å². The molecule has 4 heterocycles. The highest BCUT2D eigenvalue weighted by atomic mass is 32.1. The summed E-state index contributed by atoms with van der Waals surface area (Å²) in [5, 5.41) is 16.8. The Hall–Kier alpha value is -2.48. The smallest absolute Gasteiger partial charge is 0.214 e. The molecule has 0 bridgehead atoms. The molecule has 0 aliphatic carbocycles. The van der Waals surface area contributed by atoms with Gasteiger partial charge in [0.15, 0.2) is 11.5 Å². The third kappa shape index (κ3) is 1.81. The summed E-state index contributed by atoms with van der Waals surface area (Å²) in [5.41, 5.74) is 1.81. The van der Waals surface area contributed by atoms with Crippen molar-refractivity contribution >= 4 is 27.1 Å². The van der Waals surface area contributed by atoms with E-state index in [-0.39, 0.29) is 0 Å². The van der Waals surface area contributed by atoms with E-state index in [1.165, 1.54) is 11.3 Å². The maximum Gasteiger partial charge on any atom is 0.214 e. The van der Waals surface area contributed by atoms with Gasteiger partial charge in [-0.05, 0) is 19.1 Å². The molecule has 0 spiro atoms. The number of rotatable bonds is 3. The number of fused-ring (bicyclic) bond motifs is 2. The van der Waals surface area contributed by atoms with Gasteiger partial charge in [0.2, 0.25) is 10.1 Å². The summed E-state index contributed by atoms with van der Waals surface area (Å²) in [4.78, 5) is 5.26. The molecule has 100 valence electrons. The van der Waals surface area contributed by atoms with E-state index in [0.717, 1.165) is 27.3 Å². The maximum absolute atomic E-state index is 4.42. The van der Waals surface area contributed by atoms with Crippen molar-refractivity contribution < 1.29 is 0 Å². The molecule has 0 aromatic carbocycles. The van der Waals surface area contributed by atoms with Crippen molar-refractivity contribution in [1.29, 1.82) is 0 Å². The summed E-state index contributed by atoms with van der Waals surface area (Å²) in [5.74, 6) is 0.852. The van der Waals surface area contributed by atoms with Gasteiger partial charge >= 0.3 is 0 Å². The molecule has 0 aliphatic rings. The predicted molar refractivity (Wildman–Crippen MR) is 75.9 cm³/mol. The van der Waals surface area contributed by atoms with Crippen molar-refractivity contribution in [3.05, 3.63) is 42.1 Å². The highest BCUT2D eigenvalue weighted by Crippen LogP contribution is 2.19. The zero-order valence-electron chi connectivity index (χ0n) is 10.7. The van der Waals surface area contributed by atoms with Crippen LogP contribution < -0.4 is 5.32 Å². The average Bonchev–Trinajstić information content (AvgIpc) is 3.08. The molecule has 0 amide bonds. The highest BCUT2D eigenvalue weighted by molar-refractivity contribution is 7.20. The van der Waals surface area contributed by atoms with Gasteiger partial charge in [0.05, 0.1) is 18.4 Å². The fraction of sp³-hybridized carbons (Fsp3) is 0.167. The normalized spacial score (nSPS) is 11.4. The first-order chi connectivity index (χ1) is 9.79. The van der Waals surface area contributed by atoms with Crippen molar-refractivity contribution in [2.45, 2.75) is 13.5 Å². The minimum atomic E-state index is 0.570. The molecule has 7 nitrogen and oxygen atoms in total. The Morgan fingerprint density at radius 1 is 1.30 bits per heavy atom. The molecule has 0 atom stereocenters. The number of aryl methyl sites for hydroxylation is 1. The fourth-order valence-corrected chi connectivity index (χ4v) is 2.87. The molecule has 4 aromatic rings. The van der Waals surface area contributed by atoms with E-state index >= 15 is 0 Å². The van der Waals surface area contributed by atoms with Crippen LogP contribution >= 0.6 is 11.3 Å². The van der Waals surface area contributed by atoms with Crippen LogP contribution in [-0.2, 0) is 6.54 Å². The third-order valence-electron chi connectivity index (χ3n) is 2.95. The Morgan fingerprint density at radius 3 is 3.15 bits per heavy atom. The van der Waals surface area contributed by atoms with Crippen LogP contribution in [0.5, 0.6) is 0 Å². The van der Waals surface area contributed by atoms with E-state index in [9.17, 15) is 0 Å². The standard InChI is InChI=1S/C12H11N7S/c1-8-7-19-12(14-8)20-11(17-19)13-6-10-16-15-9-4-2-3-5-18(9)10/h2-5,7H,6H2,1H3,(H,13,17). The summed E-state index contributed by atoms with van der Waals surface area (Å²) >= 11 is 1.52. The Morgan fingerprint density at radius 2 is 2.25 bits per heavy atom. The average molecular weight is 285 g/mol. The lowest BCUT2D eigenvalue weighted by Gasteiger charge is -2.00. The van der Waals surface area contributed by atoms with E-state index in [1.807, 2.05) is 41.9 Å². The Bertz CT molecular complexity index is 856. The summed E-state index contributed by atoms with van der Waals surface area (Å²) < 4.78 is 3.74. The lowest BCUT2D eigenvalue weighted by Crippen LogP contribution is -2.04. The molecule has 0 radical (unpaired) electrons. The quantitative estimate of drug-likeness (QED) is 0.621. The van der Waals surface area contributed by atoms with Crippen molar-refractivity contribution in [3.63, 3.8) is 0 Å². The topological polar surface area (TPSA) is 72.4 Å². The summed E-state index contributed by atoms with van der Waals surface area (Å²) in [7, 11) is 0. The van der Waals surface area contributed by atoms with Gasteiger partial charge in [0.1, 0.15) is 0 Å². The van der Waals surface area contributed by atoms with Gasteiger partial charge in [-0.25, -0.2) is 9.50 Å². The summed E-state index contributed by atoms with van der Waals surface area (Å²) in [6.45, 7) is 2.53. The van der Waals surface area contributed by atoms with E-state index < -0.39 is 0 Å². The SMILES string of the molecule is Cc1cn2nc(NCc3nnc4ccccn34)sc2n1. The van der Waals surface area contributed by atoms with Crippen LogP contribution in [0, 0.1) is 6.92 Å². The zero-order valence-corrected chi connectivity index (χ0v) is 11.5. The Kier molecular flexibility index (Phi) is 2.43. The van der Waals surface area contributed by atoms with E-state index in [0.29, 0.717) is 6.54 Å². The molecule has 4 rings (SSSR count). The molecule has 0 saturated heterocycles. The molecule has 4 aromatic heterocycles. The van der Waals surface area contributed by atoms with Gasteiger partial charge in [0, 0.05) is 6.20 Å². The van der Waals surface area contributed by atoms with Crippen LogP contribution in [0.3, 0.4) is 0 Å². The van der Waals surface area contributed by atoms with Crippen LogP contribution in [-0.4, -0.2) is 29.2 Å². The van der Waals surface area contributed by atoms with Crippen LogP contribution in [0.25, 0.3) is 10.6 Å². The second-order valence-corrected chi connectivity index (χ2v) is 5.37. The van der Waals surface area contributed by atoms with E-state index in [2.05, 4.69) is 25.6 Å². The molecule has 20 heavy (non-hydrogen) atoms. The number of hydrogen-bond donors (Lipinski definition) is 1. The predicted octanol–water partition coefficient (Wildman–Crippen LogP) is 1.75. The van der Waals surface area contributed by atoms with Crippen LogP contribution in [0.4, 0.5) is 5.13 Å². The van der Waals surface area contributed by atoms with Gasteiger partial charge in [0.25, 0.3) is 0 Å². The number of nitrogens with zero attached hydrogens (tertiary/aromatic N) is 6. The minimum Gasteiger partial charge on any atom is -0.353 e. The molecule has 0 fully saturated rings. The molecular formula is C12H11N7S. The van der Waals surface area contributed by atoms with Gasteiger partial charge in [-0.3, -0.25) is 4.40 Å². The van der Waals surface area contributed by atoms with Crippen molar-refractivity contribution in [2.24, 2.45) is 0 Å². The first kappa shape index (κ1) is 11.4. The molecular weight excluding hydrogens is 274 g/mol. The molecule has 1 N–H and O–H groups in total. The largest absolute Gasteiger partial charge is 0.353 e. The lowest BCUT2D eigenvalue weighted by atomic mass is 10.4. The van der Waals surface area contributed by atoms with Crippen LogP contribution in [0.1, 0.15) is 11.5 Å². The van der Waals surface area contributed by atoms with Gasteiger partial charge in [-0.2, -0.15) is 0 Å². The van der Waals surface area contributed by atoms with E-state index in [4.69, 9.17) is 0 Å². The number of pyridine rings is 1. The molecule has 8 heteroatoms. The Balaban J connectivity index is 1.58. The zero-order chi connectivity index (χ0) is 13.5. The summed E-state index contributed by atoms with van der Waals surface area (Å²) in [6.07, 6.45) is 3.86. The molecule has 0 saturated carbocycles. The number of imidazole rings is 1. The lowest BCUT2D eigenvalue weighted by molar-refractivity contribution is 0.900. The van der Waals surface area contributed by atoms with Gasteiger partial charge < -0.3 is 5.32 Å². The van der Waals surface area contributed by atoms with Crippen molar-refractivity contribution in [2.75, 3.05) is 5.32 Å². The number of hydrogen-bond acceptors (Lipinski definition) is 6. The second kappa shape index (κ2) is 4.27. The second-order valence-electron chi connectivity index (χ2n) is 4.42. The van der Waals surface area contributed by atoms with Gasteiger partial charge in [-0.1, -0.05) is 17.4 Å². The molecule has 0 unspecified atom stereocenters. The first-order valence-electron chi connectivity index (χ1n) is 6.15. The number of nitrogens with one attached hydrogen (secondary N) is 1. The fourth-order valence-electron chi connectivity index (χ4n) is 2.05. The number of aromatic nitrogens is 6. The maximum atomic E-state index is 4.42. The third-order valence-corrected chi connectivity index (χ3v) is 3.83. The van der Waals surface area contributed by atoms with E-state index in [1.54, 1.807) is 4.52 Å². The summed E-state index contributed by atoms with van der Waals surface area (Å²) in [6, 6.07) is 5.83. The monoisotopic (exact) mass is 285 g/mol. The van der Waals surface area contributed by atoms with Crippen molar-refractivity contribution in [3.8, 4) is 0 Å². The highest BCUT2D eigenvalue weighted by Gasteiger charge is 2.08.